The van der Waals surface area contributed by atoms with E-state index in [-0.39, 0.29) is 6.10 Å². The first kappa shape index (κ1) is 13.8. The number of hydrogen-bond acceptors (Lipinski definition) is 3. The lowest BCUT2D eigenvalue weighted by molar-refractivity contribution is 0.191. The van der Waals surface area contributed by atoms with Crippen LogP contribution in [-0.4, -0.2) is 30.1 Å². The van der Waals surface area contributed by atoms with Gasteiger partial charge in [0.15, 0.2) is 0 Å². The molecule has 0 saturated carbocycles. The third kappa shape index (κ3) is 6.38. The van der Waals surface area contributed by atoms with Crippen LogP contribution in [-0.2, 0) is 0 Å². The van der Waals surface area contributed by atoms with Gasteiger partial charge < -0.3 is 10.4 Å². The first-order valence-corrected chi connectivity index (χ1v) is 6.82. The molecule has 0 aromatic heterocycles. The number of halogens is 1. The molecule has 0 aliphatic rings. The molecule has 0 radical (unpaired) electrons. The van der Waals surface area contributed by atoms with Gasteiger partial charge in [-0.05, 0) is 49.9 Å². The van der Waals surface area contributed by atoms with Crippen LogP contribution < -0.4 is 5.32 Å². The Bertz CT molecular complexity index is 290. The van der Waals surface area contributed by atoms with Crippen molar-refractivity contribution in [2.75, 3.05) is 18.8 Å². The molecule has 0 saturated heterocycles. The van der Waals surface area contributed by atoms with Gasteiger partial charge in [-0.1, -0.05) is 11.6 Å². The molecule has 1 aromatic rings. The Morgan fingerprint density at radius 1 is 1.38 bits per heavy atom. The van der Waals surface area contributed by atoms with E-state index in [4.69, 9.17) is 16.7 Å². The molecule has 4 heteroatoms. The SMILES string of the molecule is C[C@H](O)CNCCCSc1ccc(Cl)cc1. The highest BCUT2D eigenvalue weighted by Crippen LogP contribution is 2.20. The molecule has 16 heavy (non-hydrogen) atoms. The van der Waals surface area contributed by atoms with Crippen LogP contribution in [0.15, 0.2) is 29.2 Å². The lowest BCUT2D eigenvalue weighted by atomic mass is 10.4. The van der Waals surface area contributed by atoms with Crippen molar-refractivity contribution in [1.82, 2.24) is 5.32 Å². The van der Waals surface area contributed by atoms with Gasteiger partial charge in [-0.2, -0.15) is 0 Å². The summed E-state index contributed by atoms with van der Waals surface area (Å²) in [5.41, 5.74) is 0. The number of rotatable bonds is 7. The first-order chi connectivity index (χ1) is 7.68. The van der Waals surface area contributed by atoms with Gasteiger partial charge in [0.05, 0.1) is 6.10 Å². The van der Waals surface area contributed by atoms with Crippen molar-refractivity contribution in [3.8, 4) is 0 Å². The Morgan fingerprint density at radius 2 is 2.06 bits per heavy atom. The highest BCUT2D eigenvalue weighted by Gasteiger charge is 1.96. The van der Waals surface area contributed by atoms with Crippen LogP contribution in [0.2, 0.25) is 5.02 Å². The molecule has 0 heterocycles. The molecule has 1 atom stereocenters. The van der Waals surface area contributed by atoms with E-state index in [1.165, 1.54) is 4.90 Å². The molecule has 90 valence electrons. The van der Waals surface area contributed by atoms with Gasteiger partial charge >= 0.3 is 0 Å². The summed E-state index contributed by atoms with van der Waals surface area (Å²) in [7, 11) is 0. The Balaban J connectivity index is 2.05. The smallest absolute Gasteiger partial charge is 0.0636 e. The minimum atomic E-state index is -0.260. The van der Waals surface area contributed by atoms with Crippen LogP contribution >= 0.6 is 23.4 Å². The normalized spacial score (nSPS) is 12.7. The summed E-state index contributed by atoms with van der Waals surface area (Å²) in [5, 5.41) is 13.0. The van der Waals surface area contributed by atoms with Crippen LogP contribution in [0.1, 0.15) is 13.3 Å². The number of nitrogens with one attached hydrogen (secondary N) is 1. The Kier molecular flexibility index (Phi) is 6.88. The maximum atomic E-state index is 9.03. The van der Waals surface area contributed by atoms with Gasteiger partial charge in [0.25, 0.3) is 0 Å². The summed E-state index contributed by atoms with van der Waals surface area (Å²) in [5.74, 6) is 1.08. The molecule has 0 spiro atoms. The molecule has 0 unspecified atom stereocenters. The summed E-state index contributed by atoms with van der Waals surface area (Å²) >= 11 is 7.63. The van der Waals surface area contributed by atoms with E-state index in [9.17, 15) is 0 Å². The van der Waals surface area contributed by atoms with Crippen molar-refractivity contribution >= 4 is 23.4 Å². The summed E-state index contributed by atoms with van der Waals surface area (Å²) < 4.78 is 0. The number of aliphatic hydroxyl groups is 1. The summed E-state index contributed by atoms with van der Waals surface area (Å²) in [6.07, 6.45) is 0.837. The quantitative estimate of drug-likeness (QED) is 0.583. The van der Waals surface area contributed by atoms with E-state index >= 15 is 0 Å². The molecule has 0 fully saturated rings. The second-order valence-electron chi connectivity index (χ2n) is 3.71. The van der Waals surface area contributed by atoms with E-state index in [0.29, 0.717) is 6.54 Å². The largest absolute Gasteiger partial charge is 0.392 e. The van der Waals surface area contributed by atoms with Gasteiger partial charge in [-0.3, -0.25) is 0 Å². The zero-order valence-corrected chi connectivity index (χ0v) is 11.0. The van der Waals surface area contributed by atoms with Crippen molar-refractivity contribution in [3.63, 3.8) is 0 Å². The molecular formula is C12H18ClNOS. The predicted molar refractivity (Wildman–Crippen MR) is 71.3 cm³/mol. The Morgan fingerprint density at radius 3 is 2.69 bits per heavy atom. The van der Waals surface area contributed by atoms with E-state index in [2.05, 4.69) is 5.32 Å². The number of aliphatic hydroxyl groups excluding tert-OH is 1. The van der Waals surface area contributed by atoms with E-state index in [1.807, 2.05) is 36.0 Å². The fourth-order valence-corrected chi connectivity index (χ4v) is 2.21. The first-order valence-electron chi connectivity index (χ1n) is 5.45. The van der Waals surface area contributed by atoms with Crippen LogP contribution in [0.5, 0.6) is 0 Å². The van der Waals surface area contributed by atoms with Gasteiger partial charge in [-0.25, -0.2) is 0 Å². The lowest BCUT2D eigenvalue weighted by Crippen LogP contribution is -2.25. The zero-order chi connectivity index (χ0) is 11.8. The standard InChI is InChI=1S/C12H18ClNOS/c1-10(15)9-14-7-2-8-16-12-5-3-11(13)4-6-12/h3-6,10,14-15H,2,7-9H2,1H3/t10-/m0/s1. The van der Waals surface area contributed by atoms with Crippen LogP contribution in [0, 0.1) is 0 Å². The van der Waals surface area contributed by atoms with Gasteiger partial charge in [0.1, 0.15) is 0 Å². The third-order valence-corrected chi connectivity index (χ3v) is 3.37. The second kappa shape index (κ2) is 7.96. The predicted octanol–water partition coefficient (Wildman–Crippen LogP) is 2.79. The monoisotopic (exact) mass is 259 g/mol. The van der Waals surface area contributed by atoms with Gasteiger partial charge in [-0.15, -0.1) is 11.8 Å². The molecular weight excluding hydrogens is 242 g/mol. The zero-order valence-electron chi connectivity index (χ0n) is 9.45. The molecule has 0 aliphatic carbocycles. The number of benzene rings is 1. The van der Waals surface area contributed by atoms with Gasteiger partial charge in [0.2, 0.25) is 0 Å². The topological polar surface area (TPSA) is 32.3 Å². The van der Waals surface area contributed by atoms with Crippen molar-refractivity contribution < 1.29 is 5.11 Å². The fourth-order valence-electron chi connectivity index (χ4n) is 1.23. The van der Waals surface area contributed by atoms with E-state index in [0.717, 1.165) is 23.7 Å². The van der Waals surface area contributed by atoms with E-state index < -0.39 is 0 Å². The third-order valence-electron chi connectivity index (χ3n) is 2.02. The van der Waals surface area contributed by atoms with E-state index in [1.54, 1.807) is 6.92 Å². The van der Waals surface area contributed by atoms with Crippen molar-refractivity contribution in [1.29, 1.82) is 0 Å². The molecule has 1 rings (SSSR count). The molecule has 0 amide bonds. The summed E-state index contributed by atoms with van der Waals surface area (Å²) in [4.78, 5) is 1.25. The molecule has 2 N–H and O–H groups in total. The molecule has 0 bridgehead atoms. The van der Waals surface area contributed by atoms with Crippen LogP contribution in [0.3, 0.4) is 0 Å². The Labute approximate surface area is 106 Å². The minimum absolute atomic E-state index is 0.260. The summed E-state index contributed by atoms with van der Waals surface area (Å²) in [6.45, 7) is 3.41. The van der Waals surface area contributed by atoms with Crippen LogP contribution in [0.25, 0.3) is 0 Å². The number of hydrogen-bond donors (Lipinski definition) is 2. The van der Waals surface area contributed by atoms with Crippen molar-refractivity contribution in [3.05, 3.63) is 29.3 Å². The Hall–Kier alpha value is -0.220. The fraction of sp³-hybridized carbons (Fsp3) is 0.500. The summed E-state index contributed by atoms with van der Waals surface area (Å²) in [6, 6.07) is 7.90. The molecule has 0 aliphatic heterocycles. The number of thioether (sulfide) groups is 1. The lowest BCUT2D eigenvalue weighted by Gasteiger charge is -2.06. The highest BCUT2D eigenvalue weighted by molar-refractivity contribution is 7.99. The molecule has 1 aromatic carbocycles. The van der Waals surface area contributed by atoms with Crippen molar-refractivity contribution in [2.45, 2.75) is 24.3 Å². The average molecular weight is 260 g/mol. The maximum absolute atomic E-state index is 9.03. The maximum Gasteiger partial charge on any atom is 0.0636 e. The minimum Gasteiger partial charge on any atom is -0.392 e. The average Bonchev–Trinajstić information content (AvgIpc) is 2.25. The van der Waals surface area contributed by atoms with Crippen molar-refractivity contribution in [2.24, 2.45) is 0 Å². The van der Waals surface area contributed by atoms with Gasteiger partial charge in [0, 0.05) is 16.5 Å². The highest BCUT2D eigenvalue weighted by atomic mass is 35.5. The molecule has 2 nitrogen and oxygen atoms in total. The van der Waals surface area contributed by atoms with Crippen LogP contribution in [0.4, 0.5) is 0 Å². The second-order valence-corrected chi connectivity index (χ2v) is 5.31.